The van der Waals surface area contributed by atoms with E-state index in [0.717, 1.165) is 71.0 Å². The van der Waals surface area contributed by atoms with E-state index in [1.54, 1.807) is 24.7 Å². The topological polar surface area (TPSA) is 87.6 Å². The number of hydroxylamine groups is 2. The minimum absolute atomic E-state index is 0.189. The van der Waals surface area contributed by atoms with Gasteiger partial charge in [0.2, 0.25) is 5.95 Å². The van der Waals surface area contributed by atoms with Gasteiger partial charge >= 0.3 is 0 Å². The molecule has 9 nitrogen and oxygen atoms in total. The molecule has 0 bridgehead atoms. The van der Waals surface area contributed by atoms with Crippen molar-refractivity contribution in [2.75, 3.05) is 44.1 Å². The van der Waals surface area contributed by atoms with Crippen molar-refractivity contribution in [2.24, 2.45) is 0 Å². The van der Waals surface area contributed by atoms with E-state index < -0.39 is 0 Å². The van der Waals surface area contributed by atoms with Gasteiger partial charge in [-0.1, -0.05) is 19.1 Å². The molecule has 5 rings (SSSR count). The molecule has 1 aromatic carbocycles. The molecule has 0 saturated carbocycles. The molecule has 1 amide bonds. The Kier molecular flexibility index (Phi) is 7.29. The second-order valence-corrected chi connectivity index (χ2v) is 10.0. The summed E-state index contributed by atoms with van der Waals surface area (Å²) in [5.74, 6) is 1.58. The highest BCUT2D eigenvalue weighted by Gasteiger charge is 2.26. The molecule has 0 spiro atoms. The lowest BCUT2D eigenvalue weighted by atomic mass is 10.0. The van der Waals surface area contributed by atoms with Crippen molar-refractivity contribution in [3.63, 3.8) is 0 Å². The highest BCUT2D eigenvalue weighted by atomic mass is 32.1. The maximum atomic E-state index is 12.3. The summed E-state index contributed by atoms with van der Waals surface area (Å²) in [4.78, 5) is 40.3. The Morgan fingerprint density at radius 1 is 1.08 bits per heavy atom. The lowest BCUT2D eigenvalue weighted by molar-refractivity contribution is -0.0756. The molecule has 1 saturated heterocycles. The Bertz CT molecular complexity index is 1370. The molecule has 0 unspecified atom stereocenters. The maximum absolute atomic E-state index is 12.3. The van der Waals surface area contributed by atoms with Gasteiger partial charge in [0, 0.05) is 62.1 Å². The van der Waals surface area contributed by atoms with Gasteiger partial charge in [-0.2, -0.15) is 0 Å². The summed E-state index contributed by atoms with van der Waals surface area (Å²) in [6.45, 7) is 3.93. The summed E-state index contributed by atoms with van der Waals surface area (Å²) >= 11 is 1.66. The zero-order valence-corrected chi connectivity index (χ0v) is 22.4. The van der Waals surface area contributed by atoms with Crippen LogP contribution in [0.15, 0.2) is 48.4 Å². The van der Waals surface area contributed by atoms with Gasteiger partial charge in [0.25, 0.3) is 5.91 Å². The van der Waals surface area contributed by atoms with Crippen molar-refractivity contribution in [3.8, 4) is 11.1 Å². The predicted octanol–water partition coefficient (Wildman–Crippen LogP) is 4.45. The van der Waals surface area contributed by atoms with E-state index in [-0.39, 0.29) is 5.91 Å². The largest absolute Gasteiger partial charge is 0.355 e. The molecule has 37 heavy (non-hydrogen) atoms. The number of carbonyl (C=O) groups is 1. The molecular weight excluding hydrogens is 486 g/mol. The van der Waals surface area contributed by atoms with Crippen LogP contribution in [0.5, 0.6) is 0 Å². The summed E-state index contributed by atoms with van der Waals surface area (Å²) in [5.41, 5.74) is 4.71. The van der Waals surface area contributed by atoms with Gasteiger partial charge in [-0.05, 0) is 42.5 Å². The van der Waals surface area contributed by atoms with Crippen molar-refractivity contribution in [3.05, 3.63) is 59.5 Å². The molecule has 1 fully saturated rings. The molecule has 4 heterocycles. The monoisotopic (exact) mass is 517 g/mol. The zero-order valence-electron chi connectivity index (χ0n) is 21.6. The standard InChI is InChI=1S/C27H31N7O2S/c1-5-18-14-28-27(29-15-18)34-12-10-21(11-13-34)32(2)25-24-23(30-17-31-25)22(16-37-24)19-6-8-20(9-7-19)26(35)33(3)36-4/h6-9,14-17,21H,5,10-13H2,1-4H3. The molecule has 1 aliphatic heterocycles. The van der Waals surface area contributed by atoms with Crippen LogP contribution in [0.4, 0.5) is 11.8 Å². The third-order valence-electron chi connectivity index (χ3n) is 7.07. The molecule has 4 aromatic rings. The van der Waals surface area contributed by atoms with Crippen molar-refractivity contribution >= 4 is 39.2 Å². The van der Waals surface area contributed by atoms with Crippen LogP contribution >= 0.6 is 11.3 Å². The zero-order chi connectivity index (χ0) is 25.9. The third-order valence-corrected chi connectivity index (χ3v) is 8.03. The molecule has 3 aromatic heterocycles. The average Bonchev–Trinajstić information content (AvgIpc) is 3.40. The first-order chi connectivity index (χ1) is 18.0. The summed E-state index contributed by atoms with van der Waals surface area (Å²) in [5, 5.41) is 3.33. The van der Waals surface area contributed by atoms with Gasteiger partial charge < -0.3 is 9.80 Å². The van der Waals surface area contributed by atoms with Gasteiger partial charge in [0.1, 0.15) is 12.1 Å². The number of fused-ring (bicyclic) bond motifs is 1. The number of benzene rings is 1. The lowest BCUT2D eigenvalue weighted by Gasteiger charge is -2.37. The van der Waals surface area contributed by atoms with Gasteiger partial charge in [-0.25, -0.2) is 25.0 Å². The Morgan fingerprint density at radius 3 is 2.43 bits per heavy atom. The number of rotatable bonds is 7. The highest BCUT2D eigenvalue weighted by molar-refractivity contribution is 7.18. The van der Waals surface area contributed by atoms with E-state index in [9.17, 15) is 4.79 Å². The Labute approximate surface area is 220 Å². The first-order valence-corrected chi connectivity index (χ1v) is 13.3. The number of thiophene rings is 1. The van der Waals surface area contributed by atoms with Crippen molar-refractivity contribution in [2.45, 2.75) is 32.2 Å². The fraction of sp³-hybridized carbons (Fsp3) is 0.370. The van der Waals surface area contributed by atoms with Crippen LogP contribution in [0, 0.1) is 0 Å². The van der Waals surface area contributed by atoms with Crippen LogP contribution in [-0.2, 0) is 11.3 Å². The van der Waals surface area contributed by atoms with Crippen LogP contribution in [-0.4, -0.2) is 71.2 Å². The van der Waals surface area contributed by atoms with E-state index in [4.69, 9.17) is 4.84 Å². The van der Waals surface area contributed by atoms with Gasteiger partial charge in [0.05, 0.1) is 17.3 Å². The summed E-state index contributed by atoms with van der Waals surface area (Å²) in [7, 11) is 5.19. The van der Waals surface area contributed by atoms with Crippen LogP contribution in [0.2, 0.25) is 0 Å². The quantitative estimate of drug-likeness (QED) is 0.332. The number of hydrogen-bond acceptors (Lipinski definition) is 9. The van der Waals surface area contributed by atoms with E-state index in [1.807, 2.05) is 36.7 Å². The van der Waals surface area contributed by atoms with E-state index >= 15 is 0 Å². The van der Waals surface area contributed by atoms with Crippen LogP contribution in [0.25, 0.3) is 21.3 Å². The lowest BCUT2D eigenvalue weighted by Crippen LogP contribution is -2.44. The van der Waals surface area contributed by atoms with Gasteiger partial charge in [-0.15, -0.1) is 11.3 Å². The number of nitrogens with zero attached hydrogens (tertiary/aromatic N) is 7. The summed E-state index contributed by atoms with van der Waals surface area (Å²) in [6, 6.07) is 7.91. The minimum Gasteiger partial charge on any atom is -0.355 e. The van der Waals surface area contributed by atoms with Crippen molar-refractivity contribution in [1.29, 1.82) is 0 Å². The molecule has 0 atom stereocenters. The van der Waals surface area contributed by atoms with Gasteiger partial charge in [0.15, 0.2) is 0 Å². The summed E-state index contributed by atoms with van der Waals surface area (Å²) < 4.78 is 1.07. The number of anilines is 2. The number of hydrogen-bond donors (Lipinski definition) is 0. The number of aromatic nitrogens is 4. The molecule has 1 aliphatic rings. The first-order valence-electron chi connectivity index (χ1n) is 12.4. The normalized spacial score (nSPS) is 14.2. The number of aryl methyl sites for hydroxylation is 1. The van der Waals surface area contributed by atoms with Crippen molar-refractivity contribution < 1.29 is 9.63 Å². The minimum atomic E-state index is -0.189. The average molecular weight is 518 g/mol. The Balaban J connectivity index is 1.32. The second kappa shape index (κ2) is 10.8. The fourth-order valence-electron chi connectivity index (χ4n) is 4.67. The molecule has 0 N–H and O–H groups in total. The third kappa shape index (κ3) is 4.99. The maximum Gasteiger partial charge on any atom is 0.277 e. The number of amides is 1. The van der Waals surface area contributed by atoms with Crippen LogP contribution < -0.4 is 9.80 Å². The fourth-order valence-corrected chi connectivity index (χ4v) is 5.73. The number of carbonyl (C=O) groups excluding carboxylic acids is 1. The molecule has 0 radical (unpaired) electrons. The predicted molar refractivity (Wildman–Crippen MR) is 147 cm³/mol. The molecule has 10 heteroatoms. The molecule has 0 aliphatic carbocycles. The van der Waals surface area contributed by atoms with E-state index in [1.165, 1.54) is 12.2 Å². The SMILES string of the molecule is CCc1cnc(N2CCC(N(C)c3ncnc4c(-c5ccc(C(=O)N(C)OC)cc5)csc34)CC2)nc1. The van der Waals surface area contributed by atoms with Crippen LogP contribution in [0.1, 0.15) is 35.7 Å². The van der Waals surface area contributed by atoms with E-state index in [0.29, 0.717) is 11.6 Å². The van der Waals surface area contributed by atoms with Crippen molar-refractivity contribution in [1.82, 2.24) is 25.0 Å². The van der Waals surface area contributed by atoms with Crippen LogP contribution in [0.3, 0.4) is 0 Å². The smallest absolute Gasteiger partial charge is 0.277 e. The Hall–Kier alpha value is -3.63. The first kappa shape index (κ1) is 25.0. The summed E-state index contributed by atoms with van der Waals surface area (Å²) in [6.07, 6.45) is 8.46. The Morgan fingerprint density at radius 2 is 1.78 bits per heavy atom. The molecule has 192 valence electrons. The van der Waals surface area contributed by atoms with E-state index in [2.05, 4.69) is 49.1 Å². The number of piperidine rings is 1. The molecular formula is C27H31N7O2S. The highest BCUT2D eigenvalue weighted by Crippen LogP contribution is 2.38. The second-order valence-electron chi connectivity index (χ2n) is 9.16. The van der Waals surface area contributed by atoms with Gasteiger partial charge in [-0.3, -0.25) is 9.63 Å².